The van der Waals surface area contributed by atoms with E-state index in [1.807, 2.05) is 36.5 Å². The quantitative estimate of drug-likeness (QED) is 0.399. The molecule has 0 saturated carbocycles. The van der Waals surface area contributed by atoms with E-state index in [2.05, 4.69) is 4.98 Å². The minimum atomic E-state index is -5.19. The van der Waals surface area contributed by atoms with E-state index in [0.29, 0.717) is 24.2 Å². The average molecular weight is 488 g/mol. The van der Waals surface area contributed by atoms with E-state index in [4.69, 9.17) is 19.4 Å². The maximum Gasteiger partial charge on any atom is 0.430 e. The molecule has 0 aliphatic heterocycles. The first kappa shape index (κ1) is 28.5. The fourth-order valence-electron chi connectivity index (χ4n) is 2.82. The van der Waals surface area contributed by atoms with Gasteiger partial charge >= 0.3 is 18.1 Å². The van der Waals surface area contributed by atoms with Crippen molar-refractivity contribution in [2.45, 2.75) is 52.4 Å². The zero-order chi connectivity index (χ0) is 26.3. The van der Waals surface area contributed by atoms with Crippen LogP contribution in [0.2, 0.25) is 0 Å². The van der Waals surface area contributed by atoms with Gasteiger partial charge in [0, 0.05) is 12.1 Å². The number of aromatic amines is 1. The van der Waals surface area contributed by atoms with Gasteiger partial charge in [0.15, 0.2) is 0 Å². The number of rotatable bonds is 7. The molecule has 0 unspecified atom stereocenters. The molecule has 1 heterocycles. The molecule has 0 atom stereocenters. The lowest BCUT2D eigenvalue weighted by molar-refractivity contribution is -0.589. The van der Waals surface area contributed by atoms with Crippen molar-refractivity contribution < 1.29 is 52.6 Å². The Hall–Kier alpha value is -3.54. The van der Waals surface area contributed by atoms with Gasteiger partial charge in [0.2, 0.25) is 0 Å². The minimum Gasteiger partial charge on any atom is -0.542 e. The molecule has 0 spiro atoms. The summed E-state index contributed by atoms with van der Waals surface area (Å²) in [6.07, 6.45) is -4.78. The van der Waals surface area contributed by atoms with Gasteiger partial charge in [-0.2, -0.15) is 13.2 Å². The van der Waals surface area contributed by atoms with Crippen LogP contribution in [0.4, 0.5) is 18.9 Å². The summed E-state index contributed by atoms with van der Waals surface area (Å²) in [5.41, 5.74) is 1.57. The topological polar surface area (TPSA) is 145 Å². The number of nitrogens with two attached hydrogens (primary N) is 1. The van der Waals surface area contributed by atoms with Crippen molar-refractivity contribution in [1.29, 1.82) is 0 Å². The van der Waals surface area contributed by atoms with Gasteiger partial charge in [-0.05, 0) is 44.9 Å². The van der Waals surface area contributed by atoms with Crippen molar-refractivity contribution in [2.75, 3.05) is 7.11 Å². The number of esters is 1. The van der Waals surface area contributed by atoms with E-state index in [1.165, 1.54) is 0 Å². The number of aromatic carboxylic acids is 1. The number of nitrogens with one attached hydrogen (secondary N) is 1. The van der Waals surface area contributed by atoms with Gasteiger partial charge in [-0.1, -0.05) is 6.92 Å². The summed E-state index contributed by atoms with van der Waals surface area (Å²) in [7, 11) is 1.60. The van der Waals surface area contributed by atoms with Crippen LogP contribution < -0.4 is 15.2 Å². The van der Waals surface area contributed by atoms with Crippen LogP contribution in [0, 0.1) is 0 Å². The zero-order valence-corrected chi connectivity index (χ0v) is 19.3. The number of carboxylic acid groups (broad SMARTS) is 2. The number of alkyl halides is 3. The number of methoxy groups -OCH3 is 1. The average Bonchev–Trinajstić information content (AvgIpc) is 3.10. The molecule has 2 aromatic rings. The highest BCUT2D eigenvalue weighted by Crippen LogP contribution is 2.23. The van der Waals surface area contributed by atoms with Gasteiger partial charge < -0.3 is 34.8 Å². The molecule has 0 aliphatic rings. The van der Waals surface area contributed by atoms with Gasteiger partial charge in [0.25, 0.3) is 0 Å². The van der Waals surface area contributed by atoms with Crippen molar-refractivity contribution >= 4 is 23.6 Å². The van der Waals surface area contributed by atoms with Crippen LogP contribution >= 0.6 is 0 Å². The Kier molecular flexibility index (Phi) is 9.68. The van der Waals surface area contributed by atoms with Crippen LogP contribution in [0.15, 0.2) is 24.3 Å². The fraction of sp³-hybridized carbons (Fsp3) is 0.409. The van der Waals surface area contributed by atoms with Crippen LogP contribution in [-0.4, -0.2) is 46.9 Å². The van der Waals surface area contributed by atoms with Crippen molar-refractivity contribution in [2.24, 2.45) is 0 Å². The van der Waals surface area contributed by atoms with E-state index < -0.39 is 29.7 Å². The number of H-pyrrole nitrogens is 1. The number of aliphatic carboxylic acids is 1. The Balaban J connectivity index is 0.000000718. The number of quaternary nitrogens is 1. The molecule has 0 fully saturated rings. The molecule has 0 saturated heterocycles. The Morgan fingerprint density at radius 1 is 1.12 bits per heavy atom. The van der Waals surface area contributed by atoms with E-state index in [9.17, 15) is 27.9 Å². The highest BCUT2D eigenvalue weighted by atomic mass is 19.4. The summed E-state index contributed by atoms with van der Waals surface area (Å²) in [4.78, 5) is 36.1. The normalized spacial score (nSPS) is 11.3. The van der Waals surface area contributed by atoms with Crippen molar-refractivity contribution in [3.63, 3.8) is 0 Å². The van der Waals surface area contributed by atoms with E-state index in [-0.39, 0.29) is 11.3 Å². The SMILES string of the molecule is CCc1c(C(=O)OC(C)(C)C)[nH]c(C[NH2+]c2ccc(OC)cc2)c1C(=O)O.O=C([O-])C(F)(F)F. The molecule has 2 rings (SSSR count). The van der Waals surface area contributed by atoms with Crippen LogP contribution in [0.1, 0.15) is 59.8 Å². The number of aromatic nitrogens is 1. The molecule has 1 aromatic carbocycles. The number of hydrogen-bond donors (Lipinski definition) is 3. The van der Waals surface area contributed by atoms with Gasteiger partial charge in [0.1, 0.15) is 35.2 Å². The molecule has 0 aliphatic carbocycles. The number of benzene rings is 1. The Morgan fingerprint density at radius 2 is 1.65 bits per heavy atom. The van der Waals surface area contributed by atoms with Crippen LogP contribution in [0.5, 0.6) is 5.75 Å². The standard InChI is InChI=1S/C20H26N2O5.C2HF3O2/c1-6-14-16(18(23)24)15(22-17(14)19(25)27-20(2,3)4)11-21-12-7-9-13(26-5)10-8-12;3-2(4,5)1(6)7/h7-10,21-22H,6,11H2,1-5H3,(H,23,24);(H,6,7). The number of carbonyl (C=O) groups is 3. The monoisotopic (exact) mass is 488 g/mol. The zero-order valence-electron chi connectivity index (χ0n) is 19.3. The number of ether oxygens (including phenoxy) is 2. The van der Waals surface area contributed by atoms with E-state index in [0.717, 1.165) is 11.4 Å². The lowest BCUT2D eigenvalue weighted by atomic mass is 10.1. The molecule has 9 nitrogen and oxygen atoms in total. The predicted octanol–water partition coefficient (Wildman–Crippen LogP) is 1.93. The summed E-state index contributed by atoms with van der Waals surface area (Å²) < 4.78 is 42.1. The largest absolute Gasteiger partial charge is 0.542 e. The first-order valence-electron chi connectivity index (χ1n) is 10.1. The summed E-state index contributed by atoms with van der Waals surface area (Å²) >= 11 is 0. The lowest BCUT2D eigenvalue weighted by Crippen LogP contribution is -2.76. The fourth-order valence-corrected chi connectivity index (χ4v) is 2.82. The Morgan fingerprint density at radius 3 is 2.03 bits per heavy atom. The van der Waals surface area contributed by atoms with Gasteiger partial charge in [-0.15, -0.1) is 0 Å². The van der Waals surface area contributed by atoms with Crippen molar-refractivity contribution in [3.05, 3.63) is 46.8 Å². The molecule has 34 heavy (non-hydrogen) atoms. The first-order chi connectivity index (χ1) is 15.6. The third-order valence-electron chi connectivity index (χ3n) is 4.24. The molecular formula is C22H27F3N2O7. The second kappa shape index (κ2) is 11.5. The number of hydrogen-bond acceptors (Lipinski definition) is 6. The lowest BCUT2D eigenvalue weighted by Gasteiger charge is -2.19. The highest BCUT2D eigenvalue weighted by molar-refractivity contribution is 5.98. The maximum atomic E-state index is 12.5. The molecule has 0 amide bonds. The molecule has 0 bridgehead atoms. The summed E-state index contributed by atoms with van der Waals surface area (Å²) in [6, 6.07) is 7.44. The summed E-state index contributed by atoms with van der Waals surface area (Å²) in [5, 5.41) is 20.4. The van der Waals surface area contributed by atoms with Crippen LogP contribution in [-0.2, 0) is 22.5 Å². The molecule has 12 heteroatoms. The number of halogens is 3. The van der Waals surface area contributed by atoms with Crippen LogP contribution in [0.25, 0.3) is 0 Å². The molecule has 188 valence electrons. The Bertz CT molecular complexity index is 1010. The van der Waals surface area contributed by atoms with Crippen LogP contribution in [0.3, 0.4) is 0 Å². The van der Waals surface area contributed by atoms with E-state index >= 15 is 0 Å². The summed E-state index contributed by atoms with van der Waals surface area (Å²) in [5.74, 6) is -3.86. The van der Waals surface area contributed by atoms with Gasteiger partial charge in [-0.3, -0.25) is 0 Å². The molecule has 1 aromatic heterocycles. The molecule has 0 radical (unpaired) electrons. The minimum absolute atomic E-state index is 0.142. The second-order valence-corrected chi connectivity index (χ2v) is 7.96. The van der Waals surface area contributed by atoms with E-state index in [1.54, 1.807) is 27.9 Å². The Labute approximate surface area is 193 Å². The predicted molar refractivity (Wildman–Crippen MR) is 112 cm³/mol. The third kappa shape index (κ3) is 8.43. The molecular weight excluding hydrogens is 461 g/mol. The third-order valence-corrected chi connectivity index (χ3v) is 4.24. The highest BCUT2D eigenvalue weighted by Gasteiger charge is 2.29. The van der Waals surface area contributed by atoms with Crippen molar-refractivity contribution in [1.82, 2.24) is 4.98 Å². The maximum absolute atomic E-state index is 12.5. The first-order valence-corrected chi connectivity index (χ1v) is 10.1. The smallest absolute Gasteiger partial charge is 0.430 e. The molecule has 4 N–H and O–H groups in total. The van der Waals surface area contributed by atoms with Gasteiger partial charge in [-0.25, -0.2) is 9.59 Å². The second-order valence-electron chi connectivity index (χ2n) is 7.96. The summed E-state index contributed by atoms with van der Waals surface area (Å²) in [6.45, 7) is 7.49. The van der Waals surface area contributed by atoms with Crippen molar-refractivity contribution in [3.8, 4) is 5.75 Å². The van der Waals surface area contributed by atoms with Gasteiger partial charge in [0.05, 0.1) is 18.4 Å². The number of carboxylic acids is 2. The number of carbonyl (C=O) groups excluding carboxylic acids is 2.